The fraction of sp³-hybridized carbons (Fsp3) is 0.429. The van der Waals surface area contributed by atoms with Gasteiger partial charge in [0.15, 0.2) is 0 Å². The van der Waals surface area contributed by atoms with E-state index in [-0.39, 0.29) is 0 Å². The Kier molecular flexibility index (Phi) is 3.20. The minimum absolute atomic E-state index is 0.637. The quantitative estimate of drug-likeness (QED) is 0.536. The van der Waals surface area contributed by atoms with Gasteiger partial charge < -0.3 is 5.73 Å². The van der Waals surface area contributed by atoms with Gasteiger partial charge in [0, 0.05) is 6.54 Å². The van der Waals surface area contributed by atoms with Gasteiger partial charge in [0.2, 0.25) is 0 Å². The molecule has 0 aromatic rings. The molecule has 0 saturated heterocycles. The first-order valence-electron chi connectivity index (χ1n) is 2.71. The predicted molar refractivity (Wildman–Crippen MR) is 37.6 cm³/mol. The van der Waals surface area contributed by atoms with Gasteiger partial charge in [0.05, 0.1) is 0 Å². The first kappa shape index (κ1) is 7.44. The lowest BCUT2D eigenvalue weighted by atomic mass is 10.1. The van der Waals surface area contributed by atoms with Crippen LogP contribution in [0.25, 0.3) is 0 Å². The largest absolute Gasteiger partial charge is 0.327 e. The van der Waals surface area contributed by atoms with Gasteiger partial charge in [-0.25, -0.2) is 0 Å². The first-order valence-corrected chi connectivity index (χ1v) is 2.71. The number of hydrogen-bond acceptors (Lipinski definition) is 1. The van der Waals surface area contributed by atoms with Gasteiger partial charge in [-0.05, 0) is 13.8 Å². The molecule has 0 saturated carbocycles. The summed E-state index contributed by atoms with van der Waals surface area (Å²) in [5.41, 5.74) is 7.74. The van der Waals surface area contributed by atoms with Crippen molar-refractivity contribution in [2.75, 3.05) is 6.54 Å². The van der Waals surface area contributed by atoms with Crippen LogP contribution in [0.1, 0.15) is 13.8 Å². The summed E-state index contributed by atoms with van der Waals surface area (Å²) in [5, 5.41) is 0. The summed E-state index contributed by atoms with van der Waals surface area (Å²) in [5.74, 6) is 0. The summed E-state index contributed by atoms with van der Waals surface area (Å²) in [4.78, 5) is 0. The fourth-order valence-electron chi connectivity index (χ4n) is 0.335. The van der Waals surface area contributed by atoms with Gasteiger partial charge in [0.1, 0.15) is 0 Å². The van der Waals surface area contributed by atoms with Crippen LogP contribution in [-0.4, -0.2) is 6.54 Å². The molecule has 1 nitrogen and oxygen atoms in total. The molecule has 0 heterocycles. The lowest BCUT2D eigenvalue weighted by Gasteiger charge is -1.96. The Morgan fingerprint density at radius 3 is 2.25 bits per heavy atom. The van der Waals surface area contributed by atoms with E-state index in [4.69, 9.17) is 5.73 Å². The molecule has 46 valence electrons. The molecule has 8 heavy (non-hydrogen) atoms. The summed E-state index contributed by atoms with van der Waals surface area (Å²) in [6.45, 7) is 8.27. The van der Waals surface area contributed by atoms with E-state index in [2.05, 4.69) is 6.58 Å². The van der Waals surface area contributed by atoms with Gasteiger partial charge in [-0.15, -0.1) is 0 Å². The minimum Gasteiger partial charge on any atom is -0.327 e. The third kappa shape index (κ3) is 1.94. The molecule has 0 rings (SSSR count). The predicted octanol–water partition coefficient (Wildman–Crippen LogP) is 1.47. The maximum Gasteiger partial charge on any atom is 0.0139 e. The molecule has 0 aromatic carbocycles. The molecule has 0 amide bonds. The van der Waals surface area contributed by atoms with Crippen molar-refractivity contribution >= 4 is 0 Å². The van der Waals surface area contributed by atoms with E-state index >= 15 is 0 Å². The zero-order valence-electron chi connectivity index (χ0n) is 5.57. The van der Waals surface area contributed by atoms with E-state index < -0.39 is 0 Å². The van der Waals surface area contributed by atoms with Crippen molar-refractivity contribution in [3.05, 3.63) is 23.8 Å². The second-order valence-corrected chi connectivity index (χ2v) is 1.87. The van der Waals surface area contributed by atoms with Crippen molar-refractivity contribution < 1.29 is 0 Å². The highest BCUT2D eigenvalue weighted by atomic mass is 14.5. The molecular formula is C7H13N. The van der Waals surface area contributed by atoms with Crippen LogP contribution in [0.5, 0.6) is 0 Å². The van der Waals surface area contributed by atoms with Gasteiger partial charge >= 0.3 is 0 Å². The Balaban J connectivity index is 4.03. The van der Waals surface area contributed by atoms with Crippen LogP contribution in [0.3, 0.4) is 0 Å². The average molecular weight is 111 g/mol. The topological polar surface area (TPSA) is 26.0 Å². The third-order valence-corrected chi connectivity index (χ3v) is 1.29. The minimum atomic E-state index is 0.637. The van der Waals surface area contributed by atoms with Crippen LogP contribution < -0.4 is 5.73 Å². The van der Waals surface area contributed by atoms with Gasteiger partial charge in [0.25, 0.3) is 0 Å². The molecule has 0 radical (unpaired) electrons. The van der Waals surface area contributed by atoms with Crippen molar-refractivity contribution in [2.24, 2.45) is 5.73 Å². The summed E-state index contributed by atoms with van der Waals surface area (Å²) in [7, 11) is 0. The second kappa shape index (κ2) is 3.44. The van der Waals surface area contributed by atoms with Crippen molar-refractivity contribution in [2.45, 2.75) is 13.8 Å². The molecule has 0 spiro atoms. The number of rotatable bonds is 2. The standard InChI is InChI=1S/C7H13N/c1-4-6(2)7(3)5-8/h4H,1,5,8H2,2-3H3/b7-6-. The highest BCUT2D eigenvalue weighted by molar-refractivity contribution is 5.20. The Hall–Kier alpha value is -0.560. The number of nitrogens with two attached hydrogens (primary N) is 1. The molecular weight excluding hydrogens is 98.1 g/mol. The average Bonchev–Trinajstić information content (AvgIpc) is 1.84. The molecule has 1 heteroatoms. The highest BCUT2D eigenvalue weighted by Gasteiger charge is 1.85. The van der Waals surface area contributed by atoms with Gasteiger partial charge in [-0.3, -0.25) is 0 Å². The van der Waals surface area contributed by atoms with Crippen LogP contribution >= 0.6 is 0 Å². The van der Waals surface area contributed by atoms with E-state index in [9.17, 15) is 0 Å². The highest BCUT2D eigenvalue weighted by Crippen LogP contribution is 2.00. The molecule has 0 aliphatic rings. The van der Waals surface area contributed by atoms with Crippen LogP contribution in [-0.2, 0) is 0 Å². The molecule has 0 aliphatic heterocycles. The first-order chi connectivity index (χ1) is 3.72. The summed E-state index contributed by atoms with van der Waals surface area (Å²) in [6.07, 6.45) is 1.82. The van der Waals surface area contributed by atoms with Crippen molar-refractivity contribution in [1.29, 1.82) is 0 Å². The van der Waals surface area contributed by atoms with Crippen LogP contribution in [0.15, 0.2) is 23.8 Å². The van der Waals surface area contributed by atoms with Gasteiger partial charge in [-0.2, -0.15) is 0 Å². The third-order valence-electron chi connectivity index (χ3n) is 1.29. The van der Waals surface area contributed by atoms with Crippen molar-refractivity contribution in [3.63, 3.8) is 0 Å². The molecule has 0 aromatic heterocycles. The number of hydrogen-bond donors (Lipinski definition) is 1. The SMILES string of the molecule is C=C/C(C)=C(/C)CN. The van der Waals surface area contributed by atoms with Crippen molar-refractivity contribution in [3.8, 4) is 0 Å². The van der Waals surface area contributed by atoms with Crippen molar-refractivity contribution in [1.82, 2.24) is 0 Å². The lowest BCUT2D eigenvalue weighted by Crippen LogP contribution is -2.00. The Morgan fingerprint density at radius 1 is 1.62 bits per heavy atom. The maximum atomic E-state index is 5.34. The number of allylic oxidation sites excluding steroid dienone is 2. The maximum absolute atomic E-state index is 5.34. The molecule has 0 fully saturated rings. The zero-order chi connectivity index (χ0) is 6.57. The molecule has 2 N–H and O–H groups in total. The Labute approximate surface area is 50.9 Å². The molecule has 0 atom stereocenters. The van der Waals surface area contributed by atoms with Crippen LogP contribution in [0.4, 0.5) is 0 Å². The summed E-state index contributed by atoms with van der Waals surface area (Å²) < 4.78 is 0. The summed E-state index contributed by atoms with van der Waals surface area (Å²) >= 11 is 0. The molecule has 0 bridgehead atoms. The van der Waals surface area contributed by atoms with E-state index in [1.54, 1.807) is 0 Å². The van der Waals surface area contributed by atoms with E-state index in [1.165, 1.54) is 11.1 Å². The normalized spacial score (nSPS) is 12.9. The Morgan fingerprint density at radius 2 is 2.12 bits per heavy atom. The van der Waals surface area contributed by atoms with E-state index in [1.807, 2.05) is 19.9 Å². The zero-order valence-corrected chi connectivity index (χ0v) is 5.57. The summed E-state index contributed by atoms with van der Waals surface area (Å²) in [6, 6.07) is 0. The van der Waals surface area contributed by atoms with E-state index in [0.29, 0.717) is 6.54 Å². The van der Waals surface area contributed by atoms with Gasteiger partial charge in [-0.1, -0.05) is 23.8 Å². The van der Waals surface area contributed by atoms with Crippen LogP contribution in [0, 0.1) is 0 Å². The second-order valence-electron chi connectivity index (χ2n) is 1.87. The Bertz CT molecular complexity index is 112. The van der Waals surface area contributed by atoms with E-state index in [0.717, 1.165) is 0 Å². The monoisotopic (exact) mass is 111 g/mol. The van der Waals surface area contributed by atoms with Crippen LogP contribution in [0.2, 0.25) is 0 Å². The fourth-order valence-corrected chi connectivity index (χ4v) is 0.335. The smallest absolute Gasteiger partial charge is 0.0139 e. The molecule has 0 unspecified atom stereocenters. The molecule has 0 aliphatic carbocycles. The lowest BCUT2D eigenvalue weighted by molar-refractivity contribution is 1.11.